The first-order valence-electron chi connectivity index (χ1n) is 19.8. The fourth-order valence-electron chi connectivity index (χ4n) is 9.66. The van der Waals surface area contributed by atoms with Crippen LogP contribution in [-0.4, -0.2) is 104 Å². The number of anilines is 1. The van der Waals surface area contributed by atoms with Gasteiger partial charge in [-0.2, -0.15) is 5.06 Å². The summed E-state index contributed by atoms with van der Waals surface area (Å²) in [5.41, 5.74) is 5.01. The maximum absolute atomic E-state index is 14.3. The minimum absolute atomic E-state index is 0.0363. The van der Waals surface area contributed by atoms with Crippen molar-refractivity contribution >= 4 is 17.5 Å². The Bertz CT molecular complexity index is 1800. The van der Waals surface area contributed by atoms with Crippen LogP contribution in [-0.2, 0) is 22.6 Å². The Morgan fingerprint density at radius 1 is 1.07 bits per heavy atom. The number of fused-ring (bicyclic) bond motifs is 2. The van der Waals surface area contributed by atoms with Gasteiger partial charge in [-0.25, -0.2) is 0 Å². The van der Waals surface area contributed by atoms with Gasteiger partial charge >= 0.3 is 0 Å². The number of aliphatic hydroxyl groups is 2. The Kier molecular flexibility index (Phi) is 12.6. The standard InChI is InChI=1S/C44H61N5O6/c1-26-36-21-32(44(36,3)4)22-37(26)47-43(53)40-39(27(2)51)38(25-50)55-49(40)23-29-15-12-16-35(41(29)54-8)30-18-31(20-33(19-30)45-5)42(52)46-34(24-48(6)7)17-28-13-10-9-11-14-28/h9-16,18-20,26-27,32,34,36-40,45,50-51H,17,21-25H2,1-8H3,(H,46,52)(H,47,53)/t26-,27-,32-,34-,36+,37-,38-,39+,40-/m0/s1. The molecular formula is C44H61N5O6. The van der Waals surface area contributed by atoms with Crippen LogP contribution in [0.25, 0.3) is 11.1 Å². The van der Waals surface area contributed by atoms with Crippen molar-refractivity contribution < 1.29 is 29.4 Å². The fourth-order valence-corrected chi connectivity index (χ4v) is 9.66. The molecule has 4 fully saturated rings. The van der Waals surface area contributed by atoms with Crippen molar-refractivity contribution in [1.82, 2.24) is 20.6 Å². The molecule has 298 valence electrons. The Hall–Kier alpha value is -4.00. The minimum Gasteiger partial charge on any atom is -0.496 e. The van der Waals surface area contributed by atoms with Gasteiger partial charge in [-0.15, -0.1) is 0 Å². The van der Waals surface area contributed by atoms with E-state index in [0.29, 0.717) is 42.0 Å². The van der Waals surface area contributed by atoms with Crippen molar-refractivity contribution in [2.45, 2.75) is 83.8 Å². The molecule has 3 aromatic rings. The Balaban J connectivity index is 1.26. The van der Waals surface area contributed by atoms with Crippen molar-refractivity contribution in [1.29, 1.82) is 0 Å². The summed E-state index contributed by atoms with van der Waals surface area (Å²) in [6.07, 6.45) is 1.17. The quantitative estimate of drug-likeness (QED) is 0.146. The summed E-state index contributed by atoms with van der Waals surface area (Å²) in [6, 6.07) is 20.7. The van der Waals surface area contributed by atoms with Gasteiger partial charge in [-0.05, 0) is 92.8 Å². The highest BCUT2D eigenvalue weighted by molar-refractivity contribution is 5.97. The highest BCUT2D eigenvalue weighted by Gasteiger charge is 2.57. The molecule has 4 aliphatic rings. The van der Waals surface area contributed by atoms with Gasteiger partial charge in [0, 0.05) is 54.0 Å². The molecular weight excluding hydrogens is 695 g/mol. The lowest BCUT2D eigenvalue weighted by Gasteiger charge is -2.62. The minimum atomic E-state index is -0.902. The molecule has 11 nitrogen and oxygen atoms in total. The molecule has 11 heteroatoms. The van der Waals surface area contributed by atoms with Crippen LogP contribution >= 0.6 is 0 Å². The van der Waals surface area contributed by atoms with E-state index in [1.807, 2.05) is 75.7 Å². The van der Waals surface area contributed by atoms with Crippen molar-refractivity contribution in [2.24, 2.45) is 29.1 Å². The molecule has 7 rings (SSSR count). The van der Waals surface area contributed by atoms with Gasteiger partial charge < -0.3 is 35.8 Å². The van der Waals surface area contributed by atoms with Gasteiger partial charge in [-0.1, -0.05) is 69.3 Å². The Morgan fingerprint density at radius 2 is 1.82 bits per heavy atom. The number of ether oxygens (including phenoxy) is 1. The number of aliphatic hydroxyl groups excluding tert-OH is 2. The molecule has 0 spiro atoms. The Labute approximate surface area is 326 Å². The zero-order valence-corrected chi connectivity index (χ0v) is 33.7. The number of benzene rings is 3. The normalized spacial score (nSPS) is 26.9. The SMILES string of the molecule is CNc1cc(C(=O)N[C@@H](Cc2ccccc2)CN(C)C)cc(-c2cccc(CN3O[C@@H](CO)[C@@H]([C@H](C)O)[C@H]3C(=O)N[C@H]3C[C@@H]4C[C@H]([C@@H]3C)C4(C)C)c2OC)c1. The van der Waals surface area contributed by atoms with Crippen LogP contribution in [0, 0.1) is 29.1 Å². The van der Waals surface area contributed by atoms with Crippen molar-refractivity contribution in [3.05, 3.63) is 83.4 Å². The average Bonchev–Trinajstić information content (AvgIpc) is 3.53. The lowest BCUT2D eigenvalue weighted by atomic mass is 9.45. The van der Waals surface area contributed by atoms with Gasteiger partial charge in [0.15, 0.2) is 0 Å². The first-order valence-corrected chi connectivity index (χ1v) is 19.8. The molecule has 1 saturated heterocycles. The number of hydroxylamine groups is 2. The maximum atomic E-state index is 14.3. The zero-order chi connectivity index (χ0) is 39.6. The summed E-state index contributed by atoms with van der Waals surface area (Å²) in [7, 11) is 7.43. The summed E-state index contributed by atoms with van der Waals surface area (Å²) in [5, 5.41) is 32.7. The third-order valence-electron chi connectivity index (χ3n) is 12.7. The number of para-hydroxylation sites is 1. The molecule has 3 aromatic carbocycles. The molecule has 0 radical (unpaired) electrons. The highest BCUT2D eigenvalue weighted by Crippen LogP contribution is 2.61. The number of methoxy groups -OCH3 is 1. The number of hydrogen-bond acceptors (Lipinski definition) is 9. The van der Waals surface area contributed by atoms with Crippen LogP contribution in [0.5, 0.6) is 5.75 Å². The lowest BCUT2D eigenvalue weighted by Crippen LogP contribution is -2.62. The second kappa shape index (κ2) is 17.0. The van der Waals surface area contributed by atoms with Crippen LogP contribution < -0.4 is 20.7 Å². The number of hydrogen-bond donors (Lipinski definition) is 5. The van der Waals surface area contributed by atoms with E-state index < -0.39 is 24.2 Å². The average molecular weight is 756 g/mol. The number of nitrogens with zero attached hydrogens (tertiary/aromatic N) is 2. The number of rotatable bonds is 15. The molecule has 3 saturated carbocycles. The van der Waals surface area contributed by atoms with E-state index in [-0.39, 0.29) is 42.5 Å². The molecule has 1 heterocycles. The molecule has 0 aromatic heterocycles. The predicted octanol–water partition coefficient (Wildman–Crippen LogP) is 4.97. The van der Waals surface area contributed by atoms with Crippen LogP contribution in [0.4, 0.5) is 5.69 Å². The van der Waals surface area contributed by atoms with Crippen molar-refractivity contribution in [2.75, 3.05) is 46.7 Å². The number of likely N-dealkylation sites (N-methyl/N-ethyl adjacent to an activating group) is 1. The number of amides is 2. The van der Waals surface area contributed by atoms with Crippen molar-refractivity contribution in [3.8, 4) is 16.9 Å². The van der Waals surface area contributed by atoms with Crippen molar-refractivity contribution in [3.63, 3.8) is 0 Å². The molecule has 2 bridgehead atoms. The van der Waals surface area contributed by atoms with Crippen LogP contribution in [0.15, 0.2) is 66.7 Å². The molecule has 9 atom stereocenters. The summed E-state index contributed by atoms with van der Waals surface area (Å²) in [6.45, 7) is 9.06. The van der Waals surface area contributed by atoms with Crippen LogP contribution in [0.1, 0.15) is 62.0 Å². The van der Waals surface area contributed by atoms with Gasteiger partial charge in [0.1, 0.15) is 17.9 Å². The predicted molar refractivity (Wildman–Crippen MR) is 215 cm³/mol. The van der Waals surface area contributed by atoms with E-state index in [1.54, 1.807) is 19.1 Å². The fraction of sp³-hybridized carbons (Fsp3) is 0.545. The third kappa shape index (κ3) is 8.56. The molecule has 3 aliphatic carbocycles. The van der Waals surface area contributed by atoms with Gasteiger partial charge in [0.2, 0.25) is 5.91 Å². The Morgan fingerprint density at radius 3 is 2.44 bits per heavy atom. The first-order chi connectivity index (χ1) is 26.2. The monoisotopic (exact) mass is 755 g/mol. The smallest absolute Gasteiger partial charge is 0.251 e. The van der Waals surface area contributed by atoms with E-state index in [2.05, 4.69) is 53.8 Å². The third-order valence-corrected chi connectivity index (χ3v) is 12.7. The molecule has 1 aliphatic heterocycles. The van der Waals surface area contributed by atoms with Gasteiger partial charge in [0.25, 0.3) is 5.91 Å². The highest BCUT2D eigenvalue weighted by atomic mass is 16.7. The number of carbonyl (C=O) groups excluding carboxylic acids is 2. The van der Waals surface area contributed by atoms with E-state index in [1.165, 1.54) is 6.42 Å². The van der Waals surface area contributed by atoms with E-state index in [4.69, 9.17) is 9.57 Å². The van der Waals surface area contributed by atoms with Crippen LogP contribution in [0.3, 0.4) is 0 Å². The maximum Gasteiger partial charge on any atom is 0.251 e. The van der Waals surface area contributed by atoms with E-state index in [0.717, 1.165) is 34.4 Å². The van der Waals surface area contributed by atoms with Gasteiger partial charge in [-0.3, -0.25) is 14.4 Å². The number of nitrogens with one attached hydrogen (secondary N) is 3. The van der Waals surface area contributed by atoms with Crippen LogP contribution in [0.2, 0.25) is 0 Å². The molecule has 0 unspecified atom stereocenters. The molecule has 5 N–H and O–H groups in total. The summed E-state index contributed by atoms with van der Waals surface area (Å²) in [5.74, 6) is 1.01. The topological polar surface area (TPSA) is 136 Å². The molecule has 55 heavy (non-hydrogen) atoms. The number of carbonyl (C=O) groups is 2. The van der Waals surface area contributed by atoms with E-state index >= 15 is 0 Å². The lowest BCUT2D eigenvalue weighted by molar-refractivity contribution is -0.183. The largest absolute Gasteiger partial charge is 0.496 e. The second-order valence-electron chi connectivity index (χ2n) is 16.9. The first kappa shape index (κ1) is 40.7. The summed E-state index contributed by atoms with van der Waals surface area (Å²) < 4.78 is 6.08. The molecule has 2 amide bonds. The van der Waals surface area contributed by atoms with E-state index in [9.17, 15) is 19.8 Å². The second-order valence-corrected chi connectivity index (χ2v) is 16.9. The summed E-state index contributed by atoms with van der Waals surface area (Å²) in [4.78, 5) is 36.5. The summed E-state index contributed by atoms with van der Waals surface area (Å²) >= 11 is 0. The zero-order valence-electron chi connectivity index (χ0n) is 33.7. The van der Waals surface area contributed by atoms with Gasteiger partial charge in [0.05, 0.1) is 26.4 Å².